The van der Waals surface area contributed by atoms with E-state index in [9.17, 15) is 28.3 Å². The molecule has 34 heavy (non-hydrogen) atoms. The second-order valence-corrected chi connectivity index (χ2v) is 8.93. The van der Waals surface area contributed by atoms with E-state index in [1.165, 1.54) is 16.9 Å². The van der Waals surface area contributed by atoms with Crippen LogP contribution in [0.25, 0.3) is 0 Å². The Morgan fingerprint density at radius 2 is 2.03 bits per heavy atom. The number of amides is 1. The highest BCUT2D eigenvalue weighted by Gasteiger charge is 2.49. The summed E-state index contributed by atoms with van der Waals surface area (Å²) in [5.74, 6) is -3.38. The maximum atomic E-state index is 14.0. The molecule has 2 saturated heterocycles. The Morgan fingerprint density at radius 1 is 1.24 bits per heavy atom. The molecule has 3 atom stereocenters. The van der Waals surface area contributed by atoms with Gasteiger partial charge in [-0.05, 0) is 44.2 Å². The van der Waals surface area contributed by atoms with E-state index in [1.807, 2.05) is 11.9 Å². The number of morpholine rings is 1. The van der Waals surface area contributed by atoms with E-state index in [2.05, 4.69) is 0 Å². The summed E-state index contributed by atoms with van der Waals surface area (Å²) in [6.45, 7) is 2.62. The molecule has 2 aromatic rings. The minimum absolute atomic E-state index is 0.0419. The van der Waals surface area contributed by atoms with Crippen molar-refractivity contribution in [3.63, 3.8) is 0 Å². The van der Waals surface area contributed by atoms with Crippen molar-refractivity contribution >= 4 is 11.7 Å². The molecule has 1 aromatic heterocycles. The smallest absolute Gasteiger partial charge is 0.278 e. The van der Waals surface area contributed by atoms with E-state index >= 15 is 0 Å². The van der Waals surface area contributed by atoms with E-state index in [4.69, 9.17) is 4.74 Å². The fourth-order valence-electron chi connectivity index (χ4n) is 5.25. The zero-order valence-electron chi connectivity index (χ0n) is 18.7. The standard InChI is InChI=1S/C24H25F2N3O5/c1-2-27-23-19-5-3-4-15(34-19)11-29(23)28-12-16(21(31)22(32)20(28)24(27)33)18(30)9-7-13-6-8-14(25)10-17(13)26/h6,8,10,12,15,19,23,32H,2-5,7,9,11H2,1H3/t15-,19+,23-/m0/s1. The number of ketones is 1. The average molecular weight is 473 g/mol. The van der Waals surface area contributed by atoms with Crippen LogP contribution in [-0.2, 0) is 11.2 Å². The zero-order valence-corrected chi connectivity index (χ0v) is 18.7. The van der Waals surface area contributed by atoms with Crippen molar-refractivity contribution in [3.8, 4) is 5.75 Å². The highest BCUT2D eigenvalue weighted by Crippen LogP contribution is 2.35. The lowest BCUT2D eigenvalue weighted by Gasteiger charge is -2.55. The van der Waals surface area contributed by atoms with Crippen molar-refractivity contribution in [1.29, 1.82) is 0 Å². The number of aromatic hydroxyl groups is 1. The van der Waals surface area contributed by atoms with Crippen LogP contribution in [-0.4, -0.2) is 57.8 Å². The molecule has 3 aliphatic rings. The molecule has 2 fully saturated rings. The maximum absolute atomic E-state index is 14.0. The third-order valence-electron chi connectivity index (χ3n) is 6.91. The highest BCUT2D eigenvalue weighted by molar-refractivity contribution is 6.00. The summed E-state index contributed by atoms with van der Waals surface area (Å²) < 4.78 is 34.7. The zero-order chi connectivity index (χ0) is 24.1. The van der Waals surface area contributed by atoms with Crippen molar-refractivity contribution in [2.45, 2.75) is 57.4 Å². The summed E-state index contributed by atoms with van der Waals surface area (Å²) in [7, 11) is 0. The summed E-state index contributed by atoms with van der Waals surface area (Å²) >= 11 is 0. The van der Waals surface area contributed by atoms with Gasteiger partial charge in [0.05, 0.1) is 24.3 Å². The Morgan fingerprint density at radius 3 is 2.76 bits per heavy atom. The molecule has 180 valence electrons. The van der Waals surface area contributed by atoms with Gasteiger partial charge in [-0.2, -0.15) is 0 Å². The molecular formula is C24H25F2N3O5. The molecule has 0 radical (unpaired) electrons. The molecule has 0 saturated carbocycles. The Labute approximate surface area is 194 Å². The summed E-state index contributed by atoms with van der Waals surface area (Å²) in [6, 6.07) is 3.09. The van der Waals surface area contributed by atoms with E-state index < -0.39 is 40.7 Å². The Hall–Kier alpha value is -3.27. The minimum Gasteiger partial charge on any atom is -0.502 e. The van der Waals surface area contributed by atoms with Gasteiger partial charge in [-0.25, -0.2) is 8.78 Å². The van der Waals surface area contributed by atoms with E-state index in [-0.39, 0.29) is 41.9 Å². The number of hydrogen-bond acceptors (Lipinski definition) is 6. The first-order valence-electron chi connectivity index (χ1n) is 11.5. The molecule has 0 aliphatic carbocycles. The van der Waals surface area contributed by atoms with Crippen molar-refractivity contribution < 1.29 is 28.2 Å². The van der Waals surface area contributed by atoms with Crippen LogP contribution in [0.2, 0.25) is 0 Å². The summed E-state index contributed by atoms with van der Waals surface area (Å²) in [5.41, 5.74) is -1.25. The molecule has 8 nitrogen and oxygen atoms in total. The van der Waals surface area contributed by atoms with Crippen molar-refractivity contribution in [2.75, 3.05) is 18.1 Å². The van der Waals surface area contributed by atoms with Crippen LogP contribution in [0.5, 0.6) is 5.75 Å². The number of Topliss-reactive ketones (excluding diaryl/α,β-unsaturated/α-hetero) is 1. The molecule has 1 amide bonds. The van der Waals surface area contributed by atoms with Crippen LogP contribution in [0.4, 0.5) is 8.78 Å². The van der Waals surface area contributed by atoms with Gasteiger partial charge in [0.15, 0.2) is 17.2 Å². The van der Waals surface area contributed by atoms with Crippen molar-refractivity contribution in [2.24, 2.45) is 0 Å². The lowest BCUT2D eigenvalue weighted by atomic mass is 9.96. The molecule has 10 heteroatoms. The molecular weight excluding hydrogens is 448 g/mol. The number of aryl methyl sites for hydroxylation is 1. The van der Waals surface area contributed by atoms with E-state index in [0.717, 1.165) is 31.4 Å². The lowest BCUT2D eigenvalue weighted by Crippen LogP contribution is -2.71. The minimum atomic E-state index is -0.938. The number of carbonyl (C=O) groups excluding carboxylic acids is 2. The first kappa shape index (κ1) is 22.5. The van der Waals surface area contributed by atoms with Gasteiger partial charge < -0.3 is 14.7 Å². The van der Waals surface area contributed by atoms with Gasteiger partial charge in [0.25, 0.3) is 5.91 Å². The molecule has 5 rings (SSSR count). The van der Waals surface area contributed by atoms with Crippen LogP contribution >= 0.6 is 0 Å². The van der Waals surface area contributed by atoms with Gasteiger partial charge in [0.2, 0.25) is 5.43 Å². The largest absolute Gasteiger partial charge is 0.502 e. The SMILES string of the molecule is CCN1C(=O)c2c(O)c(=O)c(C(=O)CCc3ccc(F)cc3F)cn2N2C[C@@H]3CCC[C@@H](O3)[C@@H]12. The fourth-order valence-corrected chi connectivity index (χ4v) is 5.25. The lowest BCUT2D eigenvalue weighted by molar-refractivity contribution is -0.119. The normalized spacial score (nSPS) is 23.5. The number of benzene rings is 1. The van der Waals surface area contributed by atoms with Crippen LogP contribution < -0.4 is 10.4 Å². The van der Waals surface area contributed by atoms with E-state index in [0.29, 0.717) is 13.1 Å². The maximum Gasteiger partial charge on any atom is 0.278 e. The Balaban J connectivity index is 1.51. The second kappa shape index (κ2) is 8.50. The van der Waals surface area contributed by atoms with Crippen LogP contribution in [0, 0.1) is 11.6 Å². The van der Waals surface area contributed by atoms with Crippen LogP contribution in [0.1, 0.15) is 59.0 Å². The van der Waals surface area contributed by atoms with Crippen molar-refractivity contribution in [1.82, 2.24) is 9.58 Å². The van der Waals surface area contributed by atoms with Crippen LogP contribution in [0.15, 0.2) is 29.2 Å². The number of halogens is 2. The predicted molar refractivity (Wildman–Crippen MR) is 117 cm³/mol. The number of ether oxygens (including phenoxy) is 1. The molecule has 1 aromatic carbocycles. The first-order valence-corrected chi connectivity index (χ1v) is 11.5. The molecule has 3 aliphatic heterocycles. The molecule has 1 N–H and O–H groups in total. The quantitative estimate of drug-likeness (QED) is 0.671. The number of nitrogens with zero attached hydrogens (tertiary/aromatic N) is 3. The monoisotopic (exact) mass is 473 g/mol. The Bertz CT molecular complexity index is 1230. The number of aromatic nitrogens is 1. The topological polar surface area (TPSA) is 92.1 Å². The summed E-state index contributed by atoms with van der Waals surface area (Å²) in [5, 5.41) is 12.6. The number of fused-ring (bicyclic) bond motifs is 6. The van der Waals surface area contributed by atoms with Gasteiger partial charge >= 0.3 is 0 Å². The van der Waals surface area contributed by atoms with Gasteiger partial charge in [0.1, 0.15) is 17.8 Å². The van der Waals surface area contributed by atoms with Crippen LogP contribution in [0.3, 0.4) is 0 Å². The predicted octanol–water partition coefficient (Wildman–Crippen LogP) is 2.34. The Kier molecular flexibility index (Phi) is 5.63. The third kappa shape index (κ3) is 3.56. The van der Waals surface area contributed by atoms with Gasteiger partial charge in [-0.15, -0.1) is 0 Å². The number of likely N-dealkylation sites (N-methyl/N-ethyl adjacent to an activating group) is 1. The summed E-state index contributed by atoms with van der Waals surface area (Å²) in [6.07, 6.45) is 2.97. The van der Waals surface area contributed by atoms with E-state index in [1.54, 1.807) is 4.90 Å². The number of hydrogen-bond donors (Lipinski definition) is 1. The average Bonchev–Trinajstić information content (AvgIpc) is 2.81. The molecule has 4 heterocycles. The second-order valence-electron chi connectivity index (χ2n) is 8.93. The highest BCUT2D eigenvalue weighted by atomic mass is 19.1. The third-order valence-corrected chi connectivity index (χ3v) is 6.91. The number of rotatable bonds is 5. The van der Waals surface area contributed by atoms with Gasteiger partial charge in [-0.3, -0.25) is 24.1 Å². The number of carbonyl (C=O) groups is 2. The molecule has 2 bridgehead atoms. The molecule has 0 unspecified atom stereocenters. The summed E-state index contributed by atoms with van der Waals surface area (Å²) in [4.78, 5) is 40.7. The molecule has 0 spiro atoms. The van der Waals surface area contributed by atoms with Gasteiger partial charge in [-0.1, -0.05) is 6.07 Å². The first-order chi connectivity index (χ1) is 16.3. The van der Waals surface area contributed by atoms with Gasteiger partial charge in [0, 0.05) is 25.2 Å². The fraction of sp³-hybridized carbons (Fsp3) is 0.458. The number of pyridine rings is 1. The van der Waals surface area contributed by atoms with Crippen molar-refractivity contribution in [3.05, 3.63) is 63.1 Å².